The molecule has 0 saturated carbocycles. The van der Waals surface area contributed by atoms with Crippen LogP contribution in [0.1, 0.15) is 0 Å². The molecule has 0 amide bonds. The Hall–Kier alpha value is -6.04. The van der Waals surface area contributed by atoms with Crippen molar-refractivity contribution in [1.82, 2.24) is 18.9 Å². The van der Waals surface area contributed by atoms with Gasteiger partial charge in [0, 0.05) is 47.3 Å². The zero-order chi connectivity index (χ0) is 30.4. The third-order valence-corrected chi connectivity index (χ3v) is 11.3. The lowest BCUT2D eigenvalue weighted by Crippen LogP contribution is -2.03. The van der Waals surface area contributed by atoms with E-state index in [0.717, 1.165) is 39.1 Å². The van der Waals surface area contributed by atoms with Gasteiger partial charge < -0.3 is 4.40 Å². The summed E-state index contributed by atoms with van der Waals surface area (Å²) in [5, 5.41) is 10.2. The Morgan fingerprint density at radius 2 is 1.21 bits per heavy atom. The molecule has 0 spiro atoms. The molecule has 47 heavy (non-hydrogen) atoms. The van der Waals surface area contributed by atoms with Gasteiger partial charge in [-0.05, 0) is 65.4 Å². The summed E-state index contributed by atoms with van der Waals surface area (Å²) in [4.78, 5) is 10.8. The van der Waals surface area contributed by atoms with E-state index in [1.807, 2.05) is 23.5 Å². The highest BCUT2D eigenvalue weighted by Gasteiger charge is 2.27. The van der Waals surface area contributed by atoms with Crippen molar-refractivity contribution in [2.45, 2.75) is 0 Å². The van der Waals surface area contributed by atoms with Crippen LogP contribution >= 0.6 is 11.3 Å². The molecule has 0 saturated heterocycles. The summed E-state index contributed by atoms with van der Waals surface area (Å²) in [6.07, 6.45) is 0. The fraction of sp³-hybridized carbons (Fsp3) is 0. The zero-order valence-corrected chi connectivity index (χ0v) is 25.7. The van der Waals surface area contributed by atoms with Crippen LogP contribution in [0.5, 0.6) is 0 Å². The average molecular weight is 615 g/mol. The lowest BCUT2D eigenvalue weighted by molar-refractivity contribution is 1.08. The smallest absolute Gasteiger partial charge is 0.165 e. The van der Waals surface area contributed by atoms with E-state index >= 15 is 0 Å². The molecule has 0 aliphatic carbocycles. The highest BCUT2D eigenvalue weighted by atomic mass is 32.1. The van der Waals surface area contributed by atoms with Crippen LogP contribution in [0.15, 0.2) is 133 Å². The van der Waals surface area contributed by atoms with Gasteiger partial charge in [0.25, 0.3) is 0 Å². The quantitative estimate of drug-likeness (QED) is 0.194. The van der Waals surface area contributed by atoms with Gasteiger partial charge >= 0.3 is 0 Å². The lowest BCUT2D eigenvalue weighted by Gasteiger charge is -2.14. The average Bonchev–Trinajstić information content (AvgIpc) is 3.75. The van der Waals surface area contributed by atoms with E-state index in [0.29, 0.717) is 0 Å². The minimum atomic E-state index is 0.848. The Morgan fingerprint density at radius 1 is 0.468 bits per heavy atom. The van der Waals surface area contributed by atoms with Crippen LogP contribution < -0.4 is 0 Å². The van der Waals surface area contributed by atoms with Gasteiger partial charge in [-0.25, -0.2) is 9.97 Å². The Bertz CT molecular complexity index is 3250. The Labute approximate surface area is 271 Å². The summed E-state index contributed by atoms with van der Waals surface area (Å²) in [6, 6.07) is 48.2. The van der Waals surface area contributed by atoms with E-state index in [-0.39, 0.29) is 0 Å². The summed E-state index contributed by atoms with van der Waals surface area (Å²) < 4.78 is 7.52. The fourth-order valence-electron chi connectivity index (χ4n) is 8.27. The molecule has 5 aromatic heterocycles. The number of fused-ring (bicyclic) bond motifs is 6. The van der Waals surface area contributed by atoms with Crippen LogP contribution in [0.25, 0.3) is 108 Å². The van der Waals surface area contributed by atoms with Gasteiger partial charge in [0.05, 0.1) is 38.6 Å². The molecule has 12 rings (SSSR count). The van der Waals surface area contributed by atoms with Crippen molar-refractivity contribution < 1.29 is 0 Å². The Balaban J connectivity index is 1.34. The molecule has 0 N–H and O–H groups in total. The van der Waals surface area contributed by atoms with Crippen molar-refractivity contribution in [3.05, 3.63) is 133 Å². The molecule has 5 heteroatoms. The molecule has 12 aromatic rings. The second-order valence-electron chi connectivity index (χ2n) is 12.6. The number of aromatic nitrogens is 4. The number of rotatable bonds is 2. The fourth-order valence-corrected chi connectivity index (χ4v) is 9.41. The van der Waals surface area contributed by atoms with Crippen molar-refractivity contribution in [2.24, 2.45) is 0 Å². The van der Waals surface area contributed by atoms with E-state index in [1.165, 1.54) is 69.0 Å². The van der Waals surface area contributed by atoms with E-state index < -0.39 is 0 Å². The molecule has 0 fully saturated rings. The molecule has 5 heterocycles. The highest BCUT2D eigenvalue weighted by molar-refractivity contribution is 7.26. The largest absolute Gasteiger partial charge is 0.308 e. The van der Waals surface area contributed by atoms with Crippen LogP contribution in [-0.4, -0.2) is 18.9 Å². The summed E-state index contributed by atoms with van der Waals surface area (Å²) in [5.74, 6) is 0.848. The second kappa shape index (κ2) is 8.40. The molecule has 7 aromatic carbocycles. The van der Waals surface area contributed by atoms with Gasteiger partial charge in [-0.15, -0.1) is 11.3 Å². The predicted molar refractivity (Wildman–Crippen MR) is 198 cm³/mol. The number of nitrogens with zero attached hydrogens (tertiary/aromatic N) is 4. The first-order valence-electron chi connectivity index (χ1n) is 15.9. The number of benzene rings is 7. The zero-order valence-electron chi connectivity index (χ0n) is 24.9. The first kappa shape index (κ1) is 24.2. The molecular weight excluding hydrogens is 593 g/mol. The maximum Gasteiger partial charge on any atom is 0.165 e. The van der Waals surface area contributed by atoms with Gasteiger partial charge in [0.1, 0.15) is 5.69 Å². The van der Waals surface area contributed by atoms with Crippen molar-refractivity contribution in [3.63, 3.8) is 0 Å². The Kier molecular flexibility index (Phi) is 4.33. The summed E-state index contributed by atoms with van der Waals surface area (Å²) in [5.41, 5.74) is 9.74. The molecule has 0 radical (unpaired) electrons. The van der Waals surface area contributed by atoms with E-state index in [9.17, 15) is 0 Å². The van der Waals surface area contributed by atoms with Crippen molar-refractivity contribution in [2.75, 3.05) is 0 Å². The van der Waals surface area contributed by atoms with Gasteiger partial charge in [-0.3, -0.25) is 4.57 Å². The minimum absolute atomic E-state index is 0.848. The number of hydrogen-bond acceptors (Lipinski definition) is 3. The SMILES string of the molecule is c1ccc2cc(-c3nc4ccccc4nc3-n3c4ccc5sc6cccc7c6c5c4c4c3ccc3c5ccccc5n7c34)ccc2c1. The van der Waals surface area contributed by atoms with Crippen molar-refractivity contribution >= 4 is 102 Å². The first-order chi connectivity index (χ1) is 23.3. The van der Waals surface area contributed by atoms with E-state index in [4.69, 9.17) is 9.97 Å². The molecule has 216 valence electrons. The molecular formula is C42H22N4S. The van der Waals surface area contributed by atoms with Crippen LogP contribution in [-0.2, 0) is 0 Å². The monoisotopic (exact) mass is 614 g/mol. The van der Waals surface area contributed by atoms with E-state index in [1.54, 1.807) is 0 Å². The number of thiophene rings is 1. The van der Waals surface area contributed by atoms with Crippen LogP contribution in [0.3, 0.4) is 0 Å². The first-order valence-corrected chi connectivity index (χ1v) is 16.7. The number of hydrogen-bond donors (Lipinski definition) is 0. The summed E-state index contributed by atoms with van der Waals surface area (Å²) in [6.45, 7) is 0. The van der Waals surface area contributed by atoms with Gasteiger partial charge in [0.2, 0.25) is 0 Å². The van der Waals surface area contributed by atoms with Crippen molar-refractivity contribution in [3.8, 4) is 17.1 Å². The molecule has 4 nitrogen and oxygen atoms in total. The third-order valence-electron chi connectivity index (χ3n) is 10.2. The van der Waals surface area contributed by atoms with Crippen molar-refractivity contribution in [1.29, 1.82) is 0 Å². The number of para-hydroxylation sites is 3. The van der Waals surface area contributed by atoms with Gasteiger partial charge in [-0.2, -0.15) is 0 Å². The Morgan fingerprint density at radius 3 is 2.15 bits per heavy atom. The molecule has 0 bridgehead atoms. The van der Waals surface area contributed by atoms with Crippen LogP contribution in [0, 0.1) is 0 Å². The van der Waals surface area contributed by atoms with Crippen LogP contribution in [0.4, 0.5) is 0 Å². The highest BCUT2D eigenvalue weighted by Crippen LogP contribution is 2.50. The van der Waals surface area contributed by atoms with Gasteiger partial charge in [0.15, 0.2) is 5.82 Å². The maximum atomic E-state index is 5.44. The third kappa shape index (κ3) is 2.94. The summed E-state index contributed by atoms with van der Waals surface area (Å²) in [7, 11) is 0. The topological polar surface area (TPSA) is 35.1 Å². The van der Waals surface area contributed by atoms with Gasteiger partial charge in [-0.1, -0.05) is 78.9 Å². The maximum absolute atomic E-state index is 5.44. The molecule has 0 aliphatic heterocycles. The predicted octanol–water partition coefficient (Wildman–Crippen LogP) is 11.3. The minimum Gasteiger partial charge on any atom is -0.308 e. The van der Waals surface area contributed by atoms with Crippen LogP contribution in [0.2, 0.25) is 0 Å². The lowest BCUT2D eigenvalue weighted by atomic mass is 10.0. The molecule has 0 aliphatic rings. The molecule has 0 unspecified atom stereocenters. The normalized spacial score (nSPS) is 12.7. The standard InChI is InChI=1S/C42H22N4S/c1-2-9-24-22-25(17-16-23(24)8-1)40-42(44-29-12-5-4-11-28(29)43-40)46-32-20-21-35-39-36-31(14-7-15-34(36)47-35)45-30-13-6-3-10-26(30)27-18-19-33(46)38(37(32)39)41(27)45/h1-22H. The summed E-state index contributed by atoms with van der Waals surface area (Å²) >= 11 is 1.88. The molecule has 0 atom stereocenters. The van der Waals surface area contributed by atoms with E-state index in [2.05, 4.69) is 130 Å². The second-order valence-corrected chi connectivity index (χ2v) is 13.7.